The van der Waals surface area contributed by atoms with Crippen LogP contribution in [0.4, 0.5) is 0 Å². The van der Waals surface area contributed by atoms with Crippen molar-refractivity contribution in [3.8, 4) is 0 Å². The smallest absolute Gasteiger partial charge is 0.306 e. The van der Waals surface area contributed by atoms with Gasteiger partial charge in [0.15, 0.2) is 0 Å². The number of carbonyl (C=O) groups is 2. The highest BCUT2D eigenvalue weighted by Gasteiger charge is 2.25. The third-order valence-corrected chi connectivity index (χ3v) is 4.10. The number of aliphatic carboxylic acids is 1. The number of hydrogen-bond acceptors (Lipinski definition) is 3. The molecule has 2 aliphatic rings. The molecule has 0 heterocycles. The summed E-state index contributed by atoms with van der Waals surface area (Å²) < 4.78 is 0. The van der Waals surface area contributed by atoms with E-state index < -0.39 is 5.97 Å². The number of carboxylic acid groups (broad SMARTS) is 1. The van der Waals surface area contributed by atoms with E-state index in [1.54, 1.807) is 0 Å². The summed E-state index contributed by atoms with van der Waals surface area (Å²) in [5.74, 6) is -0.0737. The molecular formula is C14H24N2O3. The Bertz CT molecular complexity index is 321. The average molecular weight is 268 g/mol. The number of carboxylic acids is 1. The maximum absolute atomic E-state index is 11.4. The molecule has 0 aliphatic heterocycles. The van der Waals surface area contributed by atoms with E-state index >= 15 is 0 Å². The van der Waals surface area contributed by atoms with E-state index in [1.807, 2.05) is 0 Å². The molecule has 5 nitrogen and oxygen atoms in total. The van der Waals surface area contributed by atoms with Crippen molar-refractivity contribution in [2.45, 2.75) is 51.0 Å². The molecule has 0 saturated heterocycles. The van der Waals surface area contributed by atoms with Crippen LogP contribution in [0.1, 0.15) is 44.9 Å². The molecule has 2 fully saturated rings. The molecule has 5 heteroatoms. The van der Waals surface area contributed by atoms with Gasteiger partial charge in [0.2, 0.25) is 5.91 Å². The van der Waals surface area contributed by atoms with Crippen molar-refractivity contribution in [2.75, 3.05) is 13.1 Å². The van der Waals surface area contributed by atoms with Gasteiger partial charge >= 0.3 is 5.97 Å². The summed E-state index contributed by atoms with van der Waals surface area (Å²) in [5, 5.41) is 15.2. The van der Waals surface area contributed by atoms with Crippen LogP contribution in [0.25, 0.3) is 0 Å². The molecule has 0 radical (unpaired) electrons. The second-order valence-corrected chi connectivity index (χ2v) is 5.85. The highest BCUT2D eigenvalue weighted by Crippen LogP contribution is 2.28. The van der Waals surface area contributed by atoms with Crippen LogP contribution in [0, 0.1) is 11.8 Å². The number of rotatable bonds is 7. The van der Waals surface area contributed by atoms with E-state index in [9.17, 15) is 9.59 Å². The van der Waals surface area contributed by atoms with Crippen molar-refractivity contribution < 1.29 is 14.7 Å². The summed E-state index contributed by atoms with van der Waals surface area (Å²) in [5.41, 5.74) is 0. The minimum absolute atomic E-state index is 0.138. The maximum Gasteiger partial charge on any atom is 0.306 e. The first-order chi connectivity index (χ1) is 9.15. The van der Waals surface area contributed by atoms with Gasteiger partial charge in [-0.25, -0.2) is 0 Å². The molecule has 0 spiro atoms. The summed E-state index contributed by atoms with van der Waals surface area (Å²) in [6.07, 6.45) is 6.36. The topological polar surface area (TPSA) is 78.4 Å². The Hall–Kier alpha value is -1.10. The minimum atomic E-state index is -0.650. The number of nitrogens with one attached hydrogen (secondary N) is 2. The van der Waals surface area contributed by atoms with Crippen LogP contribution in [0.15, 0.2) is 0 Å². The van der Waals surface area contributed by atoms with Crippen LogP contribution in [-0.2, 0) is 9.59 Å². The summed E-state index contributed by atoms with van der Waals surface area (Å²) in [4.78, 5) is 22.3. The minimum Gasteiger partial charge on any atom is -0.481 e. The normalized spacial score (nSPS) is 26.9. The maximum atomic E-state index is 11.4. The van der Waals surface area contributed by atoms with E-state index in [-0.39, 0.29) is 11.8 Å². The fourth-order valence-corrected chi connectivity index (χ4v) is 2.65. The Kier molecular flexibility index (Phi) is 5.19. The van der Waals surface area contributed by atoms with Gasteiger partial charge < -0.3 is 15.7 Å². The number of amides is 1. The van der Waals surface area contributed by atoms with E-state index in [1.165, 1.54) is 0 Å². The Morgan fingerprint density at radius 1 is 1.05 bits per heavy atom. The fourth-order valence-electron chi connectivity index (χ4n) is 2.65. The Morgan fingerprint density at radius 3 is 2.32 bits per heavy atom. The predicted octanol–water partition coefficient (Wildman–Crippen LogP) is 1.14. The molecule has 2 saturated carbocycles. The average Bonchev–Trinajstić information content (AvgIpc) is 3.19. The van der Waals surface area contributed by atoms with Gasteiger partial charge in [-0.15, -0.1) is 0 Å². The van der Waals surface area contributed by atoms with Gasteiger partial charge in [-0.3, -0.25) is 9.59 Å². The molecule has 19 heavy (non-hydrogen) atoms. The highest BCUT2D eigenvalue weighted by molar-refractivity contribution is 5.76. The molecule has 0 atom stereocenters. The van der Waals surface area contributed by atoms with Crippen molar-refractivity contribution in [1.82, 2.24) is 10.6 Å². The Morgan fingerprint density at radius 2 is 1.74 bits per heavy atom. The first-order valence-corrected chi connectivity index (χ1v) is 7.38. The zero-order chi connectivity index (χ0) is 13.7. The molecule has 0 aromatic carbocycles. The van der Waals surface area contributed by atoms with Gasteiger partial charge in [0.05, 0.1) is 5.92 Å². The molecule has 2 aliphatic carbocycles. The summed E-state index contributed by atoms with van der Waals surface area (Å²) in [7, 11) is 0. The van der Waals surface area contributed by atoms with Crippen LogP contribution in [0.2, 0.25) is 0 Å². The van der Waals surface area contributed by atoms with E-state index in [0.717, 1.165) is 51.6 Å². The zero-order valence-corrected chi connectivity index (χ0v) is 11.4. The van der Waals surface area contributed by atoms with Gasteiger partial charge in [0.1, 0.15) is 0 Å². The highest BCUT2D eigenvalue weighted by atomic mass is 16.4. The number of carbonyl (C=O) groups excluding carboxylic acids is 1. The van der Waals surface area contributed by atoms with Gasteiger partial charge in [-0.05, 0) is 51.0 Å². The van der Waals surface area contributed by atoms with Crippen molar-refractivity contribution in [1.29, 1.82) is 0 Å². The van der Waals surface area contributed by atoms with E-state index in [2.05, 4.69) is 10.6 Å². The Balaban J connectivity index is 1.49. The number of hydrogen-bond donors (Lipinski definition) is 3. The predicted molar refractivity (Wildman–Crippen MR) is 71.7 cm³/mol. The molecule has 3 N–H and O–H groups in total. The van der Waals surface area contributed by atoms with Crippen molar-refractivity contribution in [3.05, 3.63) is 0 Å². The summed E-state index contributed by atoms with van der Waals surface area (Å²) in [6.45, 7) is 1.63. The van der Waals surface area contributed by atoms with Crippen molar-refractivity contribution in [2.24, 2.45) is 11.8 Å². The first kappa shape index (κ1) is 14.3. The van der Waals surface area contributed by atoms with Gasteiger partial charge in [-0.1, -0.05) is 0 Å². The van der Waals surface area contributed by atoms with Crippen LogP contribution in [0.5, 0.6) is 0 Å². The Labute approximate surface area is 114 Å². The van der Waals surface area contributed by atoms with Crippen molar-refractivity contribution >= 4 is 11.9 Å². The lowest BCUT2D eigenvalue weighted by Gasteiger charge is -2.26. The second-order valence-electron chi connectivity index (χ2n) is 5.85. The monoisotopic (exact) mass is 268 g/mol. The SMILES string of the molecule is O=C(CCNCC1CCC(C(=O)O)CC1)NC1CC1. The third kappa shape index (κ3) is 5.19. The molecule has 1 amide bonds. The molecule has 0 aromatic heterocycles. The van der Waals surface area contributed by atoms with Crippen LogP contribution in [-0.4, -0.2) is 36.1 Å². The zero-order valence-electron chi connectivity index (χ0n) is 11.4. The quantitative estimate of drug-likeness (QED) is 0.605. The lowest BCUT2D eigenvalue weighted by molar-refractivity contribution is -0.143. The molecule has 108 valence electrons. The van der Waals surface area contributed by atoms with Crippen molar-refractivity contribution in [3.63, 3.8) is 0 Å². The molecule has 2 rings (SSSR count). The third-order valence-electron chi connectivity index (χ3n) is 4.10. The second kappa shape index (κ2) is 6.89. The van der Waals surface area contributed by atoms with E-state index in [4.69, 9.17) is 5.11 Å². The molecular weight excluding hydrogens is 244 g/mol. The van der Waals surface area contributed by atoms with E-state index in [0.29, 0.717) is 18.4 Å². The summed E-state index contributed by atoms with van der Waals surface area (Å²) in [6, 6.07) is 0.443. The standard InChI is InChI=1S/C14H24N2O3/c17-13(16-12-5-6-12)7-8-15-9-10-1-3-11(4-2-10)14(18)19/h10-12,15H,1-9H2,(H,16,17)(H,18,19). The van der Waals surface area contributed by atoms with Crippen LogP contribution in [0.3, 0.4) is 0 Å². The van der Waals surface area contributed by atoms with Crippen LogP contribution < -0.4 is 10.6 Å². The fraction of sp³-hybridized carbons (Fsp3) is 0.857. The first-order valence-electron chi connectivity index (χ1n) is 7.38. The molecule has 0 bridgehead atoms. The largest absolute Gasteiger partial charge is 0.481 e. The lowest BCUT2D eigenvalue weighted by Crippen LogP contribution is -2.32. The van der Waals surface area contributed by atoms with Gasteiger partial charge in [0, 0.05) is 19.0 Å². The van der Waals surface area contributed by atoms with Gasteiger partial charge in [0.25, 0.3) is 0 Å². The van der Waals surface area contributed by atoms with Gasteiger partial charge in [-0.2, -0.15) is 0 Å². The molecule has 0 aromatic rings. The summed E-state index contributed by atoms with van der Waals surface area (Å²) >= 11 is 0. The van der Waals surface area contributed by atoms with Crippen LogP contribution >= 0.6 is 0 Å². The molecule has 0 unspecified atom stereocenters. The lowest BCUT2D eigenvalue weighted by atomic mass is 9.82.